The summed E-state index contributed by atoms with van der Waals surface area (Å²) in [4.78, 5) is 15.9. The Morgan fingerprint density at radius 3 is 2.60 bits per heavy atom. The maximum atomic E-state index is 13.9. The van der Waals surface area contributed by atoms with Crippen molar-refractivity contribution < 1.29 is 31.8 Å². The van der Waals surface area contributed by atoms with Crippen molar-refractivity contribution in [2.24, 2.45) is 0 Å². The zero-order valence-electron chi connectivity index (χ0n) is 13.1. The lowest BCUT2D eigenvalue weighted by molar-refractivity contribution is -0.137. The minimum absolute atomic E-state index is 0.0817. The molecule has 25 heavy (non-hydrogen) atoms. The molecule has 0 amide bonds. The molecule has 2 rings (SSSR count). The Hall–Kier alpha value is -2.90. The van der Waals surface area contributed by atoms with Crippen molar-refractivity contribution in [1.29, 1.82) is 0 Å². The van der Waals surface area contributed by atoms with Gasteiger partial charge in [-0.25, -0.2) is 14.2 Å². The molecule has 0 saturated heterocycles. The standard InChI is InChI=1S/C17H13F4NO3/c1-3-10-7-8-22-15(14(10)16(23)24-4-2)25-13-6-5-11(9-12(13)18)17(19,20)21/h3,5-9H,1,4H2,2H3. The largest absolute Gasteiger partial charge is 0.462 e. The number of carbonyl (C=O) groups excluding carboxylic acids is 1. The van der Waals surface area contributed by atoms with E-state index >= 15 is 0 Å². The molecule has 0 radical (unpaired) electrons. The lowest BCUT2D eigenvalue weighted by Crippen LogP contribution is -2.10. The van der Waals surface area contributed by atoms with Gasteiger partial charge in [-0.05, 0) is 36.8 Å². The first-order chi connectivity index (χ1) is 11.8. The molecular formula is C17H13F4NO3. The molecule has 132 valence electrons. The highest BCUT2D eigenvalue weighted by molar-refractivity contribution is 5.96. The van der Waals surface area contributed by atoms with Crippen LogP contribution in [0, 0.1) is 5.82 Å². The molecule has 0 aliphatic carbocycles. The number of esters is 1. The third-order valence-electron chi connectivity index (χ3n) is 3.11. The molecule has 4 nitrogen and oxygen atoms in total. The summed E-state index contributed by atoms with van der Waals surface area (Å²) in [6, 6.07) is 3.25. The molecule has 0 spiro atoms. The van der Waals surface area contributed by atoms with Crippen molar-refractivity contribution >= 4 is 12.0 Å². The van der Waals surface area contributed by atoms with Gasteiger partial charge in [-0.2, -0.15) is 13.2 Å². The van der Waals surface area contributed by atoms with Gasteiger partial charge in [0.1, 0.15) is 5.56 Å². The first-order valence-corrected chi connectivity index (χ1v) is 7.11. The van der Waals surface area contributed by atoms with Gasteiger partial charge in [0.2, 0.25) is 5.88 Å². The second-order valence-corrected chi connectivity index (χ2v) is 4.75. The molecule has 8 heteroatoms. The third-order valence-corrected chi connectivity index (χ3v) is 3.11. The lowest BCUT2D eigenvalue weighted by Gasteiger charge is -2.13. The number of pyridine rings is 1. The highest BCUT2D eigenvalue weighted by atomic mass is 19.4. The summed E-state index contributed by atoms with van der Waals surface area (Å²) in [6.45, 7) is 5.23. The minimum Gasteiger partial charge on any atom is -0.462 e. The van der Waals surface area contributed by atoms with Gasteiger partial charge in [-0.3, -0.25) is 0 Å². The van der Waals surface area contributed by atoms with Gasteiger partial charge in [-0.15, -0.1) is 0 Å². The fraction of sp³-hybridized carbons (Fsp3) is 0.176. The van der Waals surface area contributed by atoms with Gasteiger partial charge < -0.3 is 9.47 Å². The van der Waals surface area contributed by atoms with Crippen LogP contribution in [0.3, 0.4) is 0 Å². The Morgan fingerprint density at radius 1 is 1.32 bits per heavy atom. The van der Waals surface area contributed by atoms with Gasteiger partial charge in [0.25, 0.3) is 0 Å². The zero-order chi connectivity index (χ0) is 18.6. The smallest absolute Gasteiger partial charge is 0.416 e. The molecule has 0 bridgehead atoms. The average Bonchev–Trinajstić information content (AvgIpc) is 2.55. The third kappa shape index (κ3) is 4.14. The molecule has 0 atom stereocenters. The van der Waals surface area contributed by atoms with Crippen LogP contribution >= 0.6 is 0 Å². The van der Waals surface area contributed by atoms with E-state index < -0.39 is 29.3 Å². The van der Waals surface area contributed by atoms with Crippen LogP contribution in [0.25, 0.3) is 6.08 Å². The predicted octanol–water partition coefficient (Wildman–Crippen LogP) is 4.85. The van der Waals surface area contributed by atoms with Crippen molar-refractivity contribution in [2.45, 2.75) is 13.1 Å². The monoisotopic (exact) mass is 355 g/mol. The van der Waals surface area contributed by atoms with E-state index in [0.717, 1.165) is 6.07 Å². The van der Waals surface area contributed by atoms with Gasteiger partial charge in [0.15, 0.2) is 11.6 Å². The van der Waals surface area contributed by atoms with E-state index in [4.69, 9.17) is 9.47 Å². The number of rotatable bonds is 5. The number of ether oxygens (including phenoxy) is 2. The zero-order valence-corrected chi connectivity index (χ0v) is 13.1. The van der Waals surface area contributed by atoms with Crippen molar-refractivity contribution in [2.75, 3.05) is 6.61 Å². The maximum Gasteiger partial charge on any atom is 0.416 e. The summed E-state index contributed by atoms with van der Waals surface area (Å²) >= 11 is 0. The fourth-order valence-electron chi connectivity index (χ4n) is 1.98. The number of aromatic nitrogens is 1. The van der Waals surface area contributed by atoms with E-state index in [0.29, 0.717) is 17.7 Å². The SMILES string of the molecule is C=Cc1ccnc(Oc2ccc(C(F)(F)F)cc2F)c1C(=O)OCC. The minimum atomic E-state index is -4.68. The van der Waals surface area contributed by atoms with Crippen LogP contribution in [-0.4, -0.2) is 17.6 Å². The second-order valence-electron chi connectivity index (χ2n) is 4.75. The van der Waals surface area contributed by atoms with Crippen molar-refractivity contribution in [3.8, 4) is 11.6 Å². The Labute approximate surface area is 140 Å². The summed E-state index contributed by atoms with van der Waals surface area (Å²) in [7, 11) is 0. The molecule has 2 aromatic rings. The normalized spacial score (nSPS) is 11.1. The predicted molar refractivity (Wildman–Crippen MR) is 81.8 cm³/mol. The average molecular weight is 355 g/mol. The topological polar surface area (TPSA) is 48.4 Å². The molecule has 0 fully saturated rings. The fourth-order valence-corrected chi connectivity index (χ4v) is 1.98. The number of hydrogen-bond donors (Lipinski definition) is 0. The summed E-state index contributed by atoms with van der Waals surface area (Å²) < 4.78 is 61.8. The number of nitrogens with zero attached hydrogens (tertiary/aromatic N) is 1. The van der Waals surface area contributed by atoms with Crippen LogP contribution in [-0.2, 0) is 10.9 Å². The molecule has 0 N–H and O–H groups in total. The maximum absolute atomic E-state index is 13.9. The van der Waals surface area contributed by atoms with E-state index in [1.165, 1.54) is 18.3 Å². The van der Waals surface area contributed by atoms with Crippen molar-refractivity contribution in [3.05, 3.63) is 59.5 Å². The summed E-state index contributed by atoms with van der Waals surface area (Å²) in [5.74, 6) is -2.81. The van der Waals surface area contributed by atoms with Gasteiger partial charge >= 0.3 is 12.1 Å². The van der Waals surface area contributed by atoms with Crippen LogP contribution in [0.5, 0.6) is 11.6 Å². The molecule has 1 aromatic carbocycles. The molecule has 1 heterocycles. The van der Waals surface area contributed by atoms with Crippen LogP contribution in [0.15, 0.2) is 37.0 Å². The number of carbonyl (C=O) groups is 1. The second kappa shape index (κ2) is 7.33. The van der Waals surface area contributed by atoms with E-state index in [1.54, 1.807) is 6.92 Å². The van der Waals surface area contributed by atoms with Crippen molar-refractivity contribution in [1.82, 2.24) is 4.98 Å². The first-order valence-electron chi connectivity index (χ1n) is 7.11. The molecule has 0 aliphatic rings. The number of halogens is 4. The Bertz CT molecular complexity index is 803. The molecular weight excluding hydrogens is 342 g/mol. The van der Waals surface area contributed by atoms with E-state index in [2.05, 4.69) is 11.6 Å². The highest BCUT2D eigenvalue weighted by Gasteiger charge is 2.31. The van der Waals surface area contributed by atoms with Crippen LogP contribution in [0.1, 0.15) is 28.4 Å². The summed E-state index contributed by atoms with van der Waals surface area (Å²) in [6.07, 6.45) is -2.04. The van der Waals surface area contributed by atoms with E-state index in [9.17, 15) is 22.4 Å². The first kappa shape index (κ1) is 18.4. The van der Waals surface area contributed by atoms with Crippen LogP contribution < -0.4 is 4.74 Å². The molecule has 0 unspecified atom stereocenters. The van der Waals surface area contributed by atoms with Crippen molar-refractivity contribution in [3.63, 3.8) is 0 Å². The van der Waals surface area contributed by atoms with E-state index in [1.807, 2.05) is 0 Å². The summed E-state index contributed by atoms with van der Waals surface area (Å²) in [5.41, 5.74) is -0.926. The van der Waals surface area contributed by atoms with Gasteiger partial charge in [-0.1, -0.05) is 12.7 Å². The molecule has 0 saturated carbocycles. The number of hydrogen-bond acceptors (Lipinski definition) is 4. The quantitative estimate of drug-likeness (QED) is 0.568. The summed E-state index contributed by atoms with van der Waals surface area (Å²) in [5, 5.41) is 0. The molecule has 1 aromatic heterocycles. The highest BCUT2D eigenvalue weighted by Crippen LogP contribution is 2.34. The molecule has 0 aliphatic heterocycles. The van der Waals surface area contributed by atoms with Crippen LogP contribution in [0.2, 0.25) is 0 Å². The number of alkyl halides is 3. The Kier molecular flexibility index (Phi) is 5.41. The Morgan fingerprint density at radius 2 is 2.04 bits per heavy atom. The number of benzene rings is 1. The van der Waals surface area contributed by atoms with Gasteiger partial charge in [0, 0.05) is 6.20 Å². The van der Waals surface area contributed by atoms with E-state index in [-0.39, 0.29) is 18.1 Å². The van der Waals surface area contributed by atoms with Crippen LogP contribution in [0.4, 0.5) is 17.6 Å². The lowest BCUT2D eigenvalue weighted by atomic mass is 10.1. The van der Waals surface area contributed by atoms with Gasteiger partial charge in [0.05, 0.1) is 12.2 Å². The Balaban J connectivity index is 2.44.